The van der Waals surface area contributed by atoms with Gasteiger partial charge in [-0.1, -0.05) is 0 Å². The molecule has 1 aromatic carbocycles. The zero-order chi connectivity index (χ0) is 14.8. The molecule has 0 amide bonds. The molecule has 0 saturated heterocycles. The van der Waals surface area contributed by atoms with E-state index in [1.807, 2.05) is 4.72 Å². The van der Waals surface area contributed by atoms with Crippen LogP contribution >= 0.6 is 0 Å². The van der Waals surface area contributed by atoms with E-state index >= 15 is 0 Å². The third-order valence-corrected chi connectivity index (χ3v) is 3.77. The predicted molar refractivity (Wildman–Crippen MR) is 64.6 cm³/mol. The van der Waals surface area contributed by atoms with E-state index in [0.717, 1.165) is 19.1 Å². The van der Waals surface area contributed by atoms with Gasteiger partial charge >= 0.3 is 5.97 Å². The van der Waals surface area contributed by atoms with Crippen LogP contribution in [0, 0.1) is 12.7 Å². The number of aliphatic hydroxyl groups is 1. The number of benzene rings is 1. The minimum atomic E-state index is -4.09. The van der Waals surface area contributed by atoms with E-state index in [9.17, 15) is 22.7 Å². The summed E-state index contributed by atoms with van der Waals surface area (Å²) >= 11 is 0. The normalized spacial score (nSPS) is 14.9. The fourth-order valence-electron chi connectivity index (χ4n) is 1.25. The van der Waals surface area contributed by atoms with Crippen LogP contribution in [0.2, 0.25) is 0 Å². The predicted octanol–water partition coefficient (Wildman–Crippen LogP) is 0.248. The monoisotopic (exact) mass is 291 g/mol. The molecule has 0 aliphatic carbocycles. The third kappa shape index (κ3) is 3.98. The van der Waals surface area contributed by atoms with Gasteiger partial charge in [0.25, 0.3) is 0 Å². The van der Waals surface area contributed by atoms with Gasteiger partial charge in [0.05, 0.1) is 11.4 Å². The summed E-state index contributed by atoms with van der Waals surface area (Å²) in [6, 6.07) is 3.21. The number of sulfonamides is 1. The lowest BCUT2D eigenvalue weighted by Crippen LogP contribution is -2.46. The van der Waals surface area contributed by atoms with E-state index in [2.05, 4.69) is 0 Å². The van der Waals surface area contributed by atoms with Gasteiger partial charge < -0.3 is 10.2 Å². The highest BCUT2D eigenvalue weighted by atomic mass is 32.2. The Hall–Kier alpha value is -1.51. The molecule has 0 aromatic heterocycles. The molecule has 3 N–H and O–H groups in total. The molecule has 6 nitrogen and oxygen atoms in total. The maximum Gasteiger partial charge on any atom is 0.336 e. The molecule has 1 rings (SSSR count). The first-order chi connectivity index (χ1) is 8.54. The molecule has 0 saturated carbocycles. The number of nitrogens with one attached hydrogen (secondary N) is 1. The lowest BCUT2D eigenvalue weighted by atomic mass is 10.1. The highest BCUT2D eigenvalue weighted by molar-refractivity contribution is 7.89. The van der Waals surface area contributed by atoms with Crippen molar-refractivity contribution in [1.82, 2.24) is 4.72 Å². The largest absolute Gasteiger partial charge is 0.479 e. The van der Waals surface area contributed by atoms with E-state index in [1.54, 1.807) is 0 Å². The standard InChI is InChI=1S/C11H14FNO5S/c1-7-3-8(12)5-9(4-7)19(17,18)13-6-11(2,16)10(14)15/h3-5,13,16H,6H2,1-2H3,(H,14,15). The molecule has 0 radical (unpaired) electrons. The van der Waals surface area contributed by atoms with Crippen LogP contribution in [-0.4, -0.2) is 36.7 Å². The lowest BCUT2D eigenvalue weighted by molar-refractivity contribution is -0.155. The SMILES string of the molecule is Cc1cc(F)cc(S(=O)(=O)NCC(C)(O)C(=O)O)c1. The van der Waals surface area contributed by atoms with Crippen LogP contribution in [-0.2, 0) is 14.8 Å². The molecule has 0 heterocycles. The number of rotatable bonds is 5. The van der Waals surface area contributed by atoms with Crippen molar-refractivity contribution in [2.75, 3.05) is 6.54 Å². The van der Waals surface area contributed by atoms with Crippen molar-refractivity contribution in [1.29, 1.82) is 0 Å². The quantitative estimate of drug-likeness (QED) is 0.721. The molecular weight excluding hydrogens is 277 g/mol. The first kappa shape index (κ1) is 15.5. The van der Waals surface area contributed by atoms with Crippen LogP contribution in [0.3, 0.4) is 0 Å². The molecular formula is C11H14FNO5S. The topological polar surface area (TPSA) is 104 Å². The Labute approximate surface area is 109 Å². The lowest BCUT2D eigenvalue weighted by Gasteiger charge is -2.18. The van der Waals surface area contributed by atoms with Gasteiger partial charge in [0.15, 0.2) is 5.60 Å². The number of carbonyl (C=O) groups is 1. The number of hydrogen-bond acceptors (Lipinski definition) is 4. The van der Waals surface area contributed by atoms with Crippen LogP contribution < -0.4 is 4.72 Å². The van der Waals surface area contributed by atoms with E-state index in [-0.39, 0.29) is 4.90 Å². The second kappa shape index (κ2) is 5.24. The smallest absolute Gasteiger partial charge is 0.336 e. The maximum absolute atomic E-state index is 13.1. The number of carboxylic acids is 1. The van der Waals surface area contributed by atoms with Gasteiger partial charge in [0, 0.05) is 0 Å². The van der Waals surface area contributed by atoms with Crippen molar-refractivity contribution in [3.63, 3.8) is 0 Å². The summed E-state index contributed by atoms with van der Waals surface area (Å²) in [5.41, 5.74) is -1.83. The minimum absolute atomic E-state index is 0.328. The van der Waals surface area contributed by atoms with Crippen molar-refractivity contribution in [3.8, 4) is 0 Å². The second-order valence-electron chi connectivity index (χ2n) is 4.37. The summed E-state index contributed by atoms with van der Waals surface area (Å²) in [5.74, 6) is -2.28. The zero-order valence-electron chi connectivity index (χ0n) is 10.3. The number of carboxylic acid groups (broad SMARTS) is 1. The molecule has 0 fully saturated rings. The summed E-state index contributed by atoms with van der Waals surface area (Å²) in [6.07, 6.45) is 0. The molecule has 0 aliphatic heterocycles. The van der Waals surface area contributed by atoms with E-state index in [0.29, 0.717) is 5.56 Å². The summed E-state index contributed by atoms with van der Waals surface area (Å²) in [5, 5.41) is 18.1. The molecule has 1 unspecified atom stereocenters. The Kier molecular flexibility index (Phi) is 4.28. The molecule has 0 aliphatic rings. The zero-order valence-corrected chi connectivity index (χ0v) is 11.2. The highest BCUT2D eigenvalue weighted by Gasteiger charge is 2.31. The van der Waals surface area contributed by atoms with Gasteiger partial charge in [-0.3, -0.25) is 0 Å². The highest BCUT2D eigenvalue weighted by Crippen LogP contribution is 2.14. The Morgan fingerprint density at radius 3 is 2.47 bits per heavy atom. The maximum atomic E-state index is 13.1. The van der Waals surface area contributed by atoms with E-state index in [4.69, 9.17) is 5.11 Å². The van der Waals surface area contributed by atoms with Crippen molar-refractivity contribution in [2.45, 2.75) is 24.3 Å². The molecule has 1 aromatic rings. The fraction of sp³-hybridized carbons (Fsp3) is 0.364. The van der Waals surface area contributed by atoms with Crippen molar-refractivity contribution in [2.24, 2.45) is 0 Å². The van der Waals surface area contributed by atoms with Crippen LogP contribution in [0.4, 0.5) is 4.39 Å². The molecule has 1 atom stereocenters. The third-order valence-electron chi connectivity index (χ3n) is 2.39. The molecule has 106 valence electrons. The molecule has 19 heavy (non-hydrogen) atoms. The molecule has 0 spiro atoms. The Bertz CT molecular complexity index is 577. The number of aliphatic carboxylic acids is 1. The molecule has 8 heteroatoms. The molecule has 0 bridgehead atoms. The number of aryl methyl sites for hydroxylation is 1. The second-order valence-corrected chi connectivity index (χ2v) is 6.13. The number of halogens is 1. The van der Waals surface area contributed by atoms with Crippen LogP contribution in [0.25, 0.3) is 0 Å². The van der Waals surface area contributed by atoms with Crippen molar-refractivity contribution < 1.29 is 27.8 Å². The van der Waals surface area contributed by atoms with Gasteiger partial charge in [-0.2, -0.15) is 0 Å². The number of hydrogen-bond donors (Lipinski definition) is 3. The summed E-state index contributed by atoms with van der Waals surface area (Å²) < 4.78 is 38.7. The van der Waals surface area contributed by atoms with Crippen LogP contribution in [0.5, 0.6) is 0 Å². The van der Waals surface area contributed by atoms with E-state index < -0.39 is 34.0 Å². The van der Waals surface area contributed by atoms with Gasteiger partial charge in [-0.25, -0.2) is 22.3 Å². The van der Waals surface area contributed by atoms with Gasteiger partial charge in [0.2, 0.25) is 10.0 Å². The van der Waals surface area contributed by atoms with Gasteiger partial charge in [-0.05, 0) is 37.6 Å². The fourth-order valence-corrected chi connectivity index (χ4v) is 2.50. The van der Waals surface area contributed by atoms with Crippen molar-refractivity contribution in [3.05, 3.63) is 29.6 Å². The Morgan fingerprint density at radius 2 is 2.00 bits per heavy atom. The summed E-state index contributed by atoms with van der Waals surface area (Å²) in [6.45, 7) is 1.75. The van der Waals surface area contributed by atoms with Crippen molar-refractivity contribution >= 4 is 16.0 Å². The Balaban J connectivity index is 2.97. The van der Waals surface area contributed by atoms with Crippen LogP contribution in [0.1, 0.15) is 12.5 Å². The first-order valence-electron chi connectivity index (χ1n) is 5.27. The average Bonchev–Trinajstić information content (AvgIpc) is 2.25. The summed E-state index contributed by atoms with van der Waals surface area (Å²) in [4.78, 5) is 10.3. The Morgan fingerprint density at radius 1 is 1.42 bits per heavy atom. The minimum Gasteiger partial charge on any atom is -0.479 e. The van der Waals surface area contributed by atoms with Gasteiger partial charge in [-0.15, -0.1) is 0 Å². The first-order valence-corrected chi connectivity index (χ1v) is 6.75. The van der Waals surface area contributed by atoms with Gasteiger partial charge in [0.1, 0.15) is 5.82 Å². The average molecular weight is 291 g/mol. The summed E-state index contributed by atoms with van der Waals surface area (Å²) in [7, 11) is -4.09. The van der Waals surface area contributed by atoms with Crippen LogP contribution in [0.15, 0.2) is 23.1 Å². The van der Waals surface area contributed by atoms with E-state index in [1.165, 1.54) is 13.0 Å².